The van der Waals surface area contributed by atoms with Crippen molar-refractivity contribution in [3.63, 3.8) is 0 Å². The molecule has 2 N–H and O–H groups in total. The molecule has 0 saturated carbocycles. The van der Waals surface area contributed by atoms with Gasteiger partial charge in [-0.15, -0.1) is 11.3 Å². The topological polar surface area (TPSA) is 30.9 Å². The Bertz CT molecular complexity index is 459. The minimum atomic E-state index is 0.195. The Morgan fingerprint density at radius 3 is 2.88 bits per heavy atom. The SMILES string of the molecule is CC(N)Cc1cccn1Cc1ccc(Cl)s1. The zero-order chi connectivity index (χ0) is 11.5. The van der Waals surface area contributed by atoms with Crippen molar-refractivity contribution in [2.24, 2.45) is 5.73 Å². The van der Waals surface area contributed by atoms with Crippen molar-refractivity contribution in [1.82, 2.24) is 4.57 Å². The summed E-state index contributed by atoms with van der Waals surface area (Å²) >= 11 is 7.54. The summed E-state index contributed by atoms with van der Waals surface area (Å²) in [5.41, 5.74) is 7.10. The number of rotatable bonds is 4. The van der Waals surface area contributed by atoms with Gasteiger partial charge in [0.25, 0.3) is 0 Å². The van der Waals surface area contributed by atoms with Gasteiger partial charge in [-0.05, 0) is 31.2 Å². The maximum Gasteiger partial charge on any atom is 0.0931 e. The molecule has 1 unspecified atom stereocenters. The van der Waals surface area contributed by atoms with Gasteiger partial charge in [-0.1, -0.05) is 11.6 Å². The number of hydrogen-bond donors (Lipinski definition) is 1. The Morgan fingerprint density at radius 1 is 1.44 bits per heavy atom. The maximum absolute atomic E-state index is 5.91. The summed E-state index contributed by atoms with van der Waals surface area (Å²) in [5, 5.41) is 0. The van der Waals surface area contributed by atoms with Crippen LogP contribution in [0.3, 0.4) is 0 Å². The largest absolute Gasteiger partial charge is 0.346 e. The van der Waals surface area contributed by atoms with E-state index in [1.165, 1.54) is 10.6 Å². The lowest BCUT2D eigenvalue weighted by atomic mass is 10.2. The highest BCUT2D eigenvalue weighted by atomic mass is 35.5. The lowest BCUT2D eigenvalue weighted by Gasteiger charge is -2.09. The maximum atomic E-state index is 5.91. The molecule has 0 amide bonds. The van der Waals surface area contributed by atoms with Gasteiger partial charge in [0.2, 0.25) is 0 Å². The fourth-order valence-corrected chi connectivity index (χ4v) is 2.81. The number of nitrogens with zero attached hydrogens (tertiary/aromatic N) is 1. The molecule has 0 radical (unpaired) electrons. The van der Waals surface area contributed by atoms with E-state index < -0.39 is 0 Å². The highest BCUT2D eigenvalue weighted by Gasteiger charge is 2.05. The van der Waals surface area contributed by atoms with Gasteiger partial charge in [-0.2, -0.15) is 0 Å². The third-order valence-electron chi connectivity index (χ3n) is 2.41. The predicted molar refractivity (Wildman–Crippen MR) is 70.2 cm³/mol. The van der Waals surface area contributed by atoms with Crippen LogP contribution in [-0.4, -0.2) is 10.6 Å². The van der Waals surface area contributed by atoms with Gasteiger partial charge in [0, 0.05) is 29.2 Å². The molecular formula is C12H15ClN2S. The molecule has 2 aromatic rings. The Morgan fingerprint density at radius 2 is 2.25 bits per heavy atom. The van der Waals surface area contributed by atoms with E-state index >= 15 is 0 Å². The zero-order valence-electron chi connectivity index (χ0n) is 9.19. The van der Waals surface area contributed by atoms with Crippen LogP contribution in [-0.2, 0) is 13.0 Å². The Labute approximate surface area is 105 Å². The van der Waals surface area contributed by atoms with Gasteiger partial charge in [0.05, 0.1) is 10.9 Å². The van der Waals surface area contributed by atoms with Crippen LogP contribution in [0.5, 0.6) is 0 Å². The Hall–Kier alpha value is -0.770. The quantitative estimate of drug-likeness (QED) is 0.893. The van der Waals surface area contributed by atoms with Crippen LogP contribution in [0.1, 0.15) is 17.5 Å². The van der Waals surface area contributed by atoms with Crippen molar-refractivity contribution in [3.8, 4) is 0 Å². The second-order valence-corrected chi connectivity index (χ2v) is 5.81. The average Bonchev–Trinajstić information content (AvgIpc) is 2.77. The molecule has 2 rings (SSSR count). The summed E-state index contributed by atoms with van der Waals surface area (Å²) in [4.78, 5) is 1.27. The summed E-state index contributed by atoms with van der Waals surface area (Å²) in [5.74, 6) is 0. The number of nitrogens with two attached hydrogens (primary N) is 1. The van der Waals surface area contributed by atoms with Crippen LogP contribution in [0.15, 0.2) is 30.5 Å². The molecule has 0 aliphatic heterocycles. The monoisotopic (exact) mass is 254 g/mol. The van der Waals surface area contributed by atoms with E-state index in [-0.39, 0.29) is 6.04 Å². The molecule has 16 heavy (non-hydrogen) atoms. The first kappa shape index (κ1) is 11.7. The fraction of sp³-hybridized carbons (Fsp3) is 0.333. The van der Waals surface area contributed by atoms with Crippen molar-refractivity contribution in [1.29, 1.82) is 0 Å². The molecule has 0 fully saturated rings. The summed E-state index contributed by atoms with van der Waals surface area (Å²) in [7, 11) is 0. The standard InChI is InChI=1S/C12H15ClN2S/c1-9(14)7-10-3-2-6-15(10)8-11-4-5-12(13)16-11/h2-6,9H,7-8,14H2,1H3. The van der Waals surface area contributed by atoms with Crippen molar-refractivity contribution in [2.75, 3.05) is 0 Å². The van der Waals surface area contributed by atoms with Crippen LogP contribution < -0.4 is 5.73 Å². The van der Waals surface area contributed by atoms with Crippen molar-refractivity contribution >= 4 is 22.9 Å². The van der Waals surface area contributed by atoms with E-state index in [2.05, 4.69) is 29.0 Å². The zero-order valence-corrected chi connectivity index (χ0v) is 10.8. The van der Waals surface area contributed by atoms with Crippen LogP contribution in [0.25, 0.3) is 0 Å². The average molecular weight is 255 g/mol. The Balaban J connectivity index is 2.12. The fourth-order valence-electron chi connectivity index (χ4n) is 1.72. The molecule has 4 heteroatoms. The summed E-state index contributed by atoms with van der Waals surface area (Å²) in [6.07, 6.45) is 3.00. The van der Waals surface area contributed by atoms with E-state index in [9.17, 15) is 0 Å². The highest BCUT2D eigenvalue weighted by Crippen LogP contribution is 2.22. The van der Waals surface area contributed by atoms with E-state index in [1.54, 1.807) is 11.3 Å². The minimum Gasteiger partial charge on any atom is -0.346 e. The van der Waals surface area contributed by atoms with Gasteiger partial charge >= 0.3 is 0 Å². The molecule has 0 saturated heterocycles. The number of halogens is 1. The van der Waals surface area contributed by atoms with Gasteiger partial charge in [0.15, 0.2) is 0 Å². The molecule has 86 valence electrons. The first-order chi connectivity index (χ1) is 7.65. The predicted octanol–water partition coefficient (Wildman–Crippen LogP) is 3.14. The molecule has 1 atom stereocenters. The molecule has 0 aliphatic rings. The normalized spacial score (nSPS) is 12.9. The second kappa shape index (κ2) is 5.04. The molecule has 0 aliphatic carbocycles. The molecular weight excluding hydrogens is 240 g/mol. The van der Waals surface area contributed by atoms with Gasteiger partial charge in [-0.25, -0.2) is 0 Å². The van der Waals surface area contributed by atoms with E-state index in [0.29, 0.717) is 0 Å². The van der Waals surface area contributed by atoms with Crippen LogP contribution in [0.2, 0.25) is 4.34 Å². The van der Waals surface area contributed by atoms with Crippen LogP contribution in [0, 0.1) is 0 Å². The second-order valence-electron chi connectivity index (χ2n) is 4.01. The third-order valence-corrected chi connectivity index (χ3v) is 3.63. The summed E-state index contributed by atoms with van der Waals surface area (Å²) in [6.45, 7) is 2.91. The van der Waals surface area contributed by atoms with Crippen molar-refractivity contribution in [3.05, 3.63) is 45.4 Å². The molecule has 0 bridgehead atoms. The van der Waals surface area contributed by atoms with Crippen LogP contribution in [0.4, 0.5) is 0 Å². The van der Waals surface area contributed by atoms with Gasteiger partial charge in [-0.3, -0.25) is 0 Å². The summed E-state index contributed by atoms with van der Waals surface area (Å²) in [6, 6.07) is 8.39. The third kappa shape index (κ3) is 2.88. The molecule has 2 aromatic heterocycles. The lowest BCUT2D eigenvalue weighted by molar-refractivity contribution is 0.669. The van der Waals surface area contributed by atoms with E-state index in [4.69, 9.17) is 17.3 Å². The molecule has 0 aromatic carbocycles. The number of hydrogen-bond acceptors (Lipinski definition) is 2. The number of aromatic nitrogens is 1. The van der Waals surface area contributed by atoms with Gasteiger partial charge < -0.3 is 10.3 Å². The highest BCUT2D eigenvalue weighted by molar-refractivity contribution is 7.16. The van der Waals surface area contributed by atoms with Crippen molar-refractivity contribution < 1.29 is 0 Å². The lowest BCUT2D eigenvalue weighted by Crippen LogP contribution is -2.19. The minimum absolute atomic E-state index is 0.195. The Kier molecular flexibility index (Phi) is 3.69. The summed E-state index contributed by atoms with van der Waals surface area (Å²) < 4.78 is 3.07. The first-order valence-electron chi connectivity index (χ1n) is 5.29. The van der Waals surface area contributed by atoms with Crippen molar-refractivity contribution in [2.45, 2.75) is 25.9 Å². The smallest absolute Gasteiger partial charge is 0.0931 e. The number of thiophene rings is 1. The van der Waals surface area contributed by atoms with E-state index in [1.807, 2.05) is 13.0 Å². The molecule has 2 heterocycles. The first-order valence-corrected chi connectivity index (χ1v) is 6.48. The molecule has 0 spiro atoms. The molecule has 2 nitrogen and oxygen atoms in total. The van der Waals surface area contributed by atoms with Crippen LogP contribution >= 0.6 is 22.9 Å². The van der Waals surface area contributed by atoms with Gasteiger partial charge in [0.1, 0.15) is 0 Å². The van der Waals surface area contributed by atoms with E-state index in [0.717, 1.165) is 17.3 Å².